The summed E-state index contributed by atoms with van der Waals surface area (Å²) in [4.78, 5) is 12.6. The van der Waals surface area contributed by atoms with Crippen LogP contribution < -0.4 is 4.74 Å². The van der Waals surface area contributed by atoms with Crippen LogP contribution >= 0.6 is 0 Å². The average molecular weight is 283 g/mol. The first-order chi connectivity index (χ1) is 9.09. The first-order valence-electron chi connectivity index (χ1n) is 6.20. The molecule has 1 aliphatic heterocycles. The molecule has 0 aromatic heterocycles. The van der Waals surface area contributed by atoms with Gasteiger partial charge in [0.05, 0.1) is 11.5 Å². The molecule has 104 valence electrons. The van der Waals surface area contributed by atoms with Crippen LogP contribution in [0.5, 0.6) is 5.75 Å². The van der Waals surface area contributed by atoms with Crippen molar-refractivity contribution in [2.24, 2.45) is 0 Å². The van der Waals surface area contributed by atoms with Crippen molar-refractivity contribution >= 4 is 16.1 Å². The molecule has 6 heteroatoms. The molecule has 0 atom stereocenters. The SMILES string of the molecule is O=Cc1ccc(OCCN2CCS(=O)(=O)CC2)cc1. The molecule has 1 heterocycles. The molecule has 2 rings (SSSR count). The van der Waals surface area contributed by atoms with Crippen LogP contribution in [0.4, 0.5) is 0 Å². The lowest BCUT2D eigenvalue weighted by molar-refractivity contribution is 0.112. The minimum absolute atomic E-state index is 0.237. The van der Waals surface area contributed by atoms with Gasteiger partial charge in [0.1, 0.15) is 18.6 Å². The molecule has 0 spiro atoms. The van der Waals surface area contributed by atoms with Crippen LogP contribution in [-0.2, 0) is 9.84 Å². The minimum Gasteiger partial charge on any atom is -0.492 e. The molecule has 0 amide bonds. The van der Waals surface area contributed by atoms with E-state index in [4.69, 9.17) is 4.74 Å². The Hall–Kier alpha value is -1.40. The number of ether oxygens (including phenoxy) is 1. The summed E-state index contributed by atoms with van der Waals surface area (Å²) in [5.41, 5.74) is 0.619. The molecule has 5 nitrogen and oxygen atoms in total. The predicted molar refractivity (Wildman–Crippen MR) is 72.4 cm³/mol. The Morgan fingerprint density at radius 2 is 1.79 bits per heavy atom. The molecule has 1 saturated heterocycles. The fourth-order valence-corrected chi connectivity index (χ4v) is 3.19. The van der Waals surface area contributed by atoms with E-state index < -0.39 is 9.84 Å². The fourth-order valence-electron chi connectivity index (χ4n) is 1.91. The highest BCUT2D eigenvalue weighted by molar-refractivity contribution is 7.91. The maximum absolute atomic E-state index is 11.3. The second kappa shape index (κ2) is 6.16. The summed E-state index contributed by atoms with van der Waals surface area (Å²) in [6, 6.07) is 6.92. The maximum Gasteiger partial charge on any atom is 0.152 e. The lowest BCUT2D eigenvalue weighted by Gasteiger charge is -2.26. The molecule has 1 aliphatic rings. The molecular weight excluding hydrogens is 266 g/mol. The fraction of sp³-hybridized carbons (Fsp3) is 0.462. The van der Waals surface area contributed by atoms with E-state index in [1.807, 2.05) is 0 Å². The van der Waals surface area contributed by atoms with Crippen molar-refractivity contribution in [3.8, 4) is 5.75 Å². The van der Waals surface area contributed by atoms with Crippen molar-refractivity contribution in [1.29, 1.82) is 0 Å². The molecule has 0 N–H and O–H groups in total. The lowest BCUT2D eigenvalue weighted by atomic mass is 10.2. The molecule has 0 aliphatic carbocycles. The summed E-state index contributed by atoms with van der Waals surface area (Å²) in [6.07, 6.45) is 0.790. The third kappa shape index (κ3) is 4.33. The van der Waals surface area contributed by atoms with Gasteiger partial charge in [-0.05, 0) is 24.3 Å². The average Bonchev–Trinajstić information content (AvgIpc) is 2.41. The highest BCUT2D eigenvalue weighted by Gasteiger charge is 2.20. The van der Waals surface area contributed by atoms with Gasteiger partial charge in [-0.3, -0.25) is 9.69 Å². The molecule has 0 radical (unpaired) electrons. The molecular formula is C13H17NO4S. The van der Waals surface area contributed by atoms with Crippen molar-refractivity contribution in [1.82, 2.24) is 4.90 Å². The summed E-state index contributed by atoms with van der Waals surface area (Å²) in [5, 5.41) is 0. The smallest absolute Gasteiger partial charge is 0.152 e. The number of aldehydes is 1. The monoisotopic (exact) mass is 283 g/mol. The Morgan fingerprint density at radius 3 is 2.37 bits per heavy atom. The van der Waals surface area contributed by atoms with Gasteiger partial charge in [0.15, 0.2) is 9.84 Å². The van der Waals surface area contributed by atoms with Crippen molar-refractivity contribution in [3.63, 3.8) is 0 Å². The summed E-state index contributed by atoms with van der Waals surface area (Å²) < 4.78 is 28.1. The van der Waals surface area contributed by atoms with E-state index in [1.165, 1.54) is 0 Å². The van der Waals surface area contributed by atoms with Gasteiger partial charge in [0.2, 0.25) is 0 Å². The van der Waals surface area contributed by atoms with Gasteiger partial charge >= 0.3 is 0 Å². The molecule has 0 bridgehead atoms. The highest BCUT2D eigenvalue weighted by atomic mass is 32.2. The Balaban J connectivity index is 1.73. The van der Waals surface area contributed by atoms with Crippen LogP contribution in [0.3, 0.4) is 0 Å². The second-order valence-corrected chi connectivity index (χ2v) is 6.83. The normalized spacial score (nSPS) is 18.9. The van der Waals surface area contributed by atoms with E-state index in [9.17, 15) is 13.2 Å². The Kier molecular flexibility index (Phi) is 4.55. The van der Waals surface area contributed by atoms with Gasteiger partial charge in [-0.15, -0.1) is 0 Å². The third-order valence-corrected chi connectivity index (χ3v) is 4.74. The van der Waals surface area contributed by atoms with Crippen LogP contribution in [0.25, 0.3) is 0 Å². The van der Waals surface area contributed by atoms with E-state index in [1.54, 1.807) is 24.3 Å². The number of benzene rings is 1. The quantitative estimate of drug-likeness (QED) is 0.741. The van der Waals surface area contributed by atoms with Gasteiger partial charge in [-0.2, -0.15) is 0 Å². The Labute approximate surface area is 113 Å². The van der Waals surface area contributed by atoms with Crippen LogP contribution in [-0.4, -0.2) is 57.4 Å². The first kappa shape index (κ1) is 14.0. The van der Waals surface area contributed by atoms with E-state index in [-0.39, 0.29) is 11.5 Å². The summed E-state index contributed by atoms with van der Waals surface area (Å²) >= 11 is 0. The van der Waals surface area contributed by atoms with Crippen molar-refractivity contribution in [3.05, 3.63) is 29.8 Å². The molecule has 1 aromatic carbocycles. The number of rotatable bonds is 5. The van der Waals surface area contributed by atoms with E-state index in [0.717, 1.165) is 12.0 Å². The first-order valence-corrected chi connectivity index (χ1v) is 8.02. The number of nitrogens with zero attached hydrogens (tertiary/aromatic N) is 1. The predicted octanol–water partition coefficient (Wildman–Crippen LogP) is 0.608. The van der Waals surface area contributed by atoms with Crippen LogP contribution in [0, 0.1) is 0 Å². The molecule has 1 fully saturated rings. The number of sulfone groups is 1. The number of hydrogen-bond donors (Lipinski definition) is 0. The number of carbonyl (C=O) groups is 1. The van der Waals surface area contributed by atoms with Gasteiger partial charge in [0, 0.05) is 25.2 Å². The topological polar surface area (TPSA) is 63.7 Å². The largest absolute Gasteiger partial charge is 0.492 e. The highest BCUT2D eigenvalue weighted by Crippen LogP contribution is 2.11. The molecule has 0 unspecified atom stereocenters. The summed E-state index contributed by atoms with van der Waals surface area (Å²) in [7, 11) is -2.82. The van der Waals surface area contributed by atoms with Crippen LogP contribution in [0.15, 0.2) is 24.3 Å². The van der Waals surface area contributed by atoms with Crippen LogP contribution in [0.2, 0.25) is 0 Å². The van der Waals surface area contributed by atoms with Gasteiger partial charge < -0.3 is 4.74 Å². The minimum atomic E-state index is -2.82. The van der Waals surface area contributed by atoms with E-state index in [2.05, 4.69) is 4.90 Å². The molecule has 0 saturated carbocycles. The molecule has 1 aromatic rings. The van der Waals surface area contributed by atoms with Crippen molar-refractivity contribution in [2.45, 2.75) is 0 Å². The van der Waals surface area contributed by atoms with E-state index in [0.29, 0.717) is 31.8 Å². The van der Waals surface area contributed by atoms with Gasteiger partial charge in [0.25, 0.3) is 0 Å². The zero-order chi connectivity index (χ0) is 13.7. The zero-order valence-corrected chi connectivity index (χ0v) is 11.4. The number of hydrogen-bond acceptors (Lipinski definition) is 5. The Bertz CT molecular complexity index is 510. The third-order valence-electron chi connectivity index (χ3n) is 3.13. The molecule has 19 heavy (non-hydrogen) atoms. The standard InChI is InChI=1S/C13H17NO4S/c15-11-12-1-3-13(4-2-12)18-8-5-14-6-9-19(16,17)10-7-14/h1-4,11H,5-10H2. The zero-order valence-electron chi connectivity index (χ0n) is 10.6. The summed E-state index contributed by atoms with van der Waals surface area (Å²) in [6.45, 7) is 2.39. The summed E-state index contributed by atoms with van der Waals surface area (Å²) in [5.74, 6) is 1.19. The van der Waals surface area contributed by atoms with Gasteiger partial charge in [-0.1, -0.05) is 0 Å². The Morgan fingerprint density at radius 1 is 1.16 bits per heavy atom. The maximum atomic E-state index is 11.3. The lowest BCUT2D eigenvalue weighted by Crippen LogP contribution is -2.42. The van der Waals surface area contributed by atoms with E-state index >= 15 is 0 Å². The van der Waals surface area contributed by atoms with Crippen LogP contribution in [0.1, 0.15) is 10.4 Å². The van der Waals surface area contributed by atoms with Crippen molar-refractivity contribution in [2.75, 3.05) is 37.7 Å². The van der Waals surface area contributed by atoms with Gasteiger partial charge in [-0.25, -0.2) is 8.42 Å². The second-order valence-electron chi connectivity index (χ2n) is 4.53. The number of carbonyl (C=O) groups excluding carboxylic acids is 1. The van der Waals surface area contributed by atoms with Crippen molar-refractivity contribution < 1.29 is 17.9 Å².